The van der Waals surface area contributed by atoms with Crippen LogP contribution in [0.2, 0.25) is 5.02 Å². The molecule has 0 spiro atoms. The summed E-state index contributed by atoms with van der Waals surface area (Å²) in [5.41, 5.74) is 1.75. The molecular weight excluding hydrogens is 398 g/mol. The third-order valence-corrected chi connectivity index (χ3v) is 5.67. The normalized spacial score (nSPS) is 14.6. The van der Waals surface area contributed by atoms with E-state index in [1.807, 2.05) is 24.0 Å². The second-order valence-electron chi connectivity index (χ2n) is 6.09. The van der Waals surface area contributed by atoms with E-state index in [0.29, 0.717) is 37.4 Å². The van der Waals surface area contributed by atoms with Crippen molar-refractivity contribution in [1.29, 1.82) is 0 Å². The van der Waals surface area contributed by atoms with Crippen LogP contribution in [0, 0.1) is 12.7 Å². The van der Waals surface area contributed by atoms with Crippen LogP contribution in [0.5, 0.6) is 5.75 Å². The van der Waals surface area contributed by atoms with Gasteiger partial charge in [0, 0.05) is 31.1 Å². The van der Waals surface area contributed by atoms with Crippen LogP contribution in [0.25, 0.3) is 0 Å². The first-order chi connectivity index (χ1) is 12.4. The number of aromatic hydroxyl groups is 1. The molecule has 1 fully saturated rings. The van der Waals surface area contributed by atoms with E-state index in [1.165, 1.54) is 12.1 Å². The number of phenolic OH excluding ortho intramolecular Hbond substituents is 1. The lowest BCUT2D eigenvalue weighted by atomic mass is 10.1. The number of benzene rings is 2. The van der Waals surface area contributed by atoms with Gasteiger partial charge in [-0.05, 0) is 64.5 Å². The number of hydrogen-bond donors (Lipinski definition) is 1. The summed E-state index contributed by atoms with van der Waals surface area (Å²) in [5.74, 6) is -0.472. The summed E-state index contributed by atoms with van der Waals surface area (Å²) in [6.07, 6.45) is 0. The molecule has 1 aliphatic heterocycles. The third-order valence-electron chi connectivity index (χ3n) is 4.41. The fourth-order valence-electron chi connectivity index (χ4n) is 3.00. The number of nitrogens with zero attached hydrogens (tertiary/aromatic N) is 2. The number of halogens is 3. The molecule has 1 heterocycles. The van der Waals surface area contributed by atoms with E-state index in [0.717, 1.165) is 27.5 Å². The summed E-state index contributed by atoms with van der Waals surface area (Å²) in [4.78, 5) is 17.2. The monoisotopic (exact) mass is 414 g/mol. The molecule has 2 aromatic carbocycles. The molecular formula is C18H17Cl2FN2O2S. The minimum atomic E-state index is -0.473. The zero-order chi connectivity index (χ0) is 18.8. The van der Waals surface area contributed by atoms with Crippen LogP contribution in [-0.2, 0) is 0 Å². The Balaban J connectivity index is 1.73. The predicted octanol–water partition coefficient (Wildman–Crippen LogP) is 4.70. The van der Waals surface area contributed by atoms with Crippen molar-refractivity contribution in [3.63, 3.8) is 0 Å². The fraction of sp³-hybridized carbons (Fsp3) is 0.278. The van der Waals surface area contributed by atoms with Gasteiger partial charge >= 0.3 is 0 Å². The zero-order valence-corrected chi connectivity index (χ0v) is 16.3. The van der Waals surface area contributed by atoms with E-state index >= 15 is 0 Å². The number of amides is 1. The van der Waals surface area contributed by atoms with Gasteiger partial charge in [0.05, 0.1) is 16.3 Å². The summed E-state index contributed by atoms with van der Waals surface area (Å²) >= 11 is 5.99. The number of phenols is 1. The Bertz CT molecular complexity index is 842. The number of carbonyl (C=O) groups excluding carboxylic acids is 1. The predicted molar refractivity (Wildman–Crippen MR) is 104 cm³/mol. The summed E-state index contributed by atoms with van der Waals surface area (Å²) in [6.45, 7) is 3.90. The van der Waals surface area contributed by atoms with Gasteiger partial charge in [-0.15, -0.1) is 0 Å². The second-order valence-corrected chi connectivity index (χ2v) is 7.58. The molecule has 138 valence electrons. The molecule has 0 saturated carbocycles. The zero-order valence-electron chi connectivity index (χ0n) is 14.0. The molecule has 2 aromatic rings. The van der Waals surface area contributed by atoms with Gasteiger partial charge in [0.1, 0.15) is 11.6 Å². The first-order valence-electron chi connectivity index (χ1n) is 8.02. The summed E-state index contributed by atoms with van der Waals surface area (Å²) in [5, 5.41) is 10.5. The van der Waals surface area contributed by atoms with Crippen LogP contribution in [-0.4, -0.2) is 42.1 Å². The van der Waals surface area contributed by atoms with E-state index in [1.54, 1.807) is 4.90 Å². The number of aryl methyl sites for hydroxylation is 1. The Hall–Kier alpha value is -1.63. The van der Waals surface area contributed by atoms with E-state index in [9.17, 15) is 14.3 Å². The SMILES string of the molecule is Cc1cc(SCl)cc(N2CCN(C(=O)c3ccc(F)cc3Cl)CC2)c1O. The van der Waals surface area contributed by atoms with E-state index < -0.39 is 5.82 Å². The largest absolute Gasteiger partial charge is 0.505 e. The van der Waals surface area contributed by atoms with E-state index in [4.69, 9.17) is 22.3 Å². The van der Waals surface area contributed by atoms with Crippen molar-refractivity contribution in [1.82, 2.24) is 4.90 Å². The number of piperazine rings is 1. The highest BCUT2D eigenvalue weighted by atomic mass is 35.7. The number of carbonyl (C=O) groups is 1. The lowest BCUT2D eigenvalue weighted by Crippen LogP contribution is -2.48. The van der Waals surface area contributed by atoms with Crippen molar-refractivity contribution in [3.05, 3.63) is 52.3 Å². The van der Waals surface area contributed by atoms with Gasteiger partial charge in [-0.25, -0.2) is 4.39 Å². The highest BCUT2D eigenvalue weighted by Crippen LogP contribution is 2.37. The Morgan fingerprint density at radius 2 is 1.88 bits per heavy atom. The maximum absolute atomic E-state index is 13.2. The molecule has 0 unspecified atom stereocenters. The number of rotatable bonds is 3. The Labute approximate surface area is 165 Å². The minimum absolute atomic E-state index is 0.109. The van der Waals surface area contributed by atoms with Gasteiger partial charge < -0.3 is 14.9 Å². The van der Waals surface area contributed by atoms with Crippen molar-refractivity contribution in [2.24, 2.45) is 0 Å². The van der Waals surface area contributed by atoms with Crippen LogP contribution >= 0.6 is 33.3 Å². The Kier molecular flexibility index (Phi) is 5.85. The highest BCUT2D eigenvalue weighted by Gasteiger charge is 2.25. The standard InChI is InChI=1S/C18H17Cl2FN2O2S/c1-11-8-13(26-20)10-16(17(11)24)22-4-6-23(7-5-22)18(25)14-3-2-12(21)9-15(14)19/h2-3,8-10,24H,4-7H2,1H3. The van der Waals surface area contributed by atoms with Crippen LogP contribution in [0.3, 0.4) is 0 Å². The van der Waals surface area contributed by atoms with Crippen LogP contribution < -0.4 is 4.90 Å². The molecule has 0 aliphatic carbocycles. The van der Waals surface area contributed by atoms with Crippen molar-refractivity contribution >= 4 is 44.9 Å². The van der Waals surface area contributed by atoms with Gasteiger partial charge in [-0.1, -0.05) is 11.6 Å². The molecule has 0 radical (unpaired) electrons. The van der Waals surface area contributed by atoms with Gasteiger partial charge in [0.25, 0.3) is 5.91 Å². The van der Waals surface area contributed by atoms with Crippen molar-refractivity contribution in [3.8, 4) is 5.75 Å². The van der Waals surface area contributed by atoms with E-state index in [-0.39, 0.29) is 16.7 Å². The lowest BCUT2D eigenvalue weighted by Gasteiger charge is -2.36. The molecule has 1 N–H and O–H groups in total. The molecule has 0 aromatic heterocycles. The molecule has 26 heavy (non-hydrogen) atoms. The Morgan fingerprint density at radius 3 is 2.50 bits per heavy atom. The second kappa shape index (κ2) is 7.94. The van der Waals surface area contributed by atoms with Gasteiger partial charge in [-0.2, -0.15) is 0 Å². The van der Waals surface area contributed by atoms with Crippen LogP contribution in [0.1, 0.15) is 15.9 Å². The minimum Gasteiger partial charge on any atom is -0.505 e. The molecule has 1 amide bonds. The van der Waals surface area contributed by atoms with Gasteiger partial charge in [-0.3, -0.25) is 4.79 Å². The van der Waals surface area contributed by atoms with E-state index in [2.05, 4.69) is 0 Å². The number of anilines is 1. The first-order valence-corrected chi connectivity index (χ1v) is 10.0. The molecule has 4 nitrogen and oxygen atoms in total. The summed E-state index contributed by atoms with van der Waals surface area (Å²) < 4.78 is 13.2. The van der Waals surface area contributed by atoms with Gasteiger partial charge in [0.15, 0.2) is 0 Å². The summed E-state index contributed by atoms with van der Waals surface area (Å²) in [7, 11) is 6.94. The maximum atomic E-state index is 13.2. The van der Waals surface area contributed by atoms with Gasteiger partial charge in [0.2, 0.25) is 0 Å². The smallest absolute Gasteiger partial charge is 0.255 e. The topological polar surface area (TPSA) is 43.8 Å². The van der Waals surface area contributed by atoms with Crippen LogP contribution in [0.15, 0.2) is 35.2 Å². The van der Waals surface area contributed by atoms with Crippen molar-refractivity contribution in [2.75, 3.05) is 31.1 Å². The van der Waals surface area contributed by atoms with Crippen molar-refractivity contribution < 1.29 is 14.3 Å². The molecule has 3 rings (SSSR count). The summed E-state index contributed by atoms with van der Waals surface area (Å²) in [6, 6.07) is 7.44. The first kappa shape index (κ1) is 19.1. The molecule has 0 bridgehead atoms. The average Bonchev–Trinajstić information content (AvgIpc) is 2.63. The Morgan fingerprint density at radius 1 is 1.19 bits per heavy atom. The average molecular weight is 415 g/mol. The highest BCUT2D eigenvalue weighted by molar-refractivity contribution is 8.21. The lowest BCUT2D eigenvalue weighted by molar-refractivity contribution is 0.0747. The maximum Gasteiger partial charge on any atom is 0.255 e. The molecule has 0 atom stereocenters. The quantitative estimate of drug-likeness (QED) is 0.789. The van der Waals surface area contributed by atoms with Crippen LogP contribution in [0.4, 0.5) is 10.1 Å². The molecule has 8 heteroatoms. The third kappa shape index (κ3) is 3.87. The molecule has 1 saturated heterocycles. The molecule has 1 aliphatic rings. The number of hydrogen-bond acceptors (Lipinski definition) is 4. The van der Waals surface area contributed by atoms with Crippen molar-refractivity contribution in [2.45, 2.75) is 11.8 Å². The fourth-order valence-corrected chi connectivity index (χ4v) is 3.89.